The maximum atomic E-state index is 13.1. The minimum atomic E-state index is -3.67. The van der Waals surface area contributed by atoms with E-state index >= 15 is 0 Å². The molecule has 0 spiro atoms. The summed E-state index contributed by atoms with van der Waals surface area (Å²) in [5.74, 6) is -0.478. The van der Waals surface area contributed by atoms with Crippen LogP contribution in [0.2, 0.25) is 0 Å². The molecule has 0 bridgehead atoms. The fourth-order valence-electron chi connectivity index (χ4n) is 1.55. The third-order valence-electron chi connectivity index (χ3n) is 2.62. The van der Waals surface area contributed by atoms with Gasteiger partial charge in [0, 0.05) is 18.5 Å². The highest BCUT2D eigenvalue weighted by Gasteiger charge is 2.23. The van der Waals surface area contributed by atoms with Crippen molar-refractivity contribution in [2.24, 2.45) is 5.73 Å². The lowest BCUT2D eigenvalue weighted by Crippen LogP contribution is -2.25. The lowest BCUT2D eigenvalue weighted by molar-refractivity contribution is 0.596. The fraction of sp³-hybridized carbons (Fsp3) is 0.167. The fourth-order valence-corrected chi connectivity index (χ4v) is 4.15. The number of halogens is 1. The molecule has 2 aromatic rings. The molecular formula is C12H13FN2O2S2. The Balaban J connectivity index is 2.39. The second-order valence-electron chi connectivity index (χ2n) is 3.88. The monoisotopic (exact) mass is 300 g/mol. The van der Waals surface area contributed by atoms with E-state index in [-0.39, 0.29) is 9.90 Å². The second kappa shape index (κ2) is 5.28. The van der Waals surface area contributed by atoms with Gasteiger partial charge in [-0.2, -0.15) is 0 Å². The van der Waals surface area contributed by atoms with Crippen LogP contribution in [-0.4, -0.2) is 15.5 Å². The number of nitrogens with zero attached hydrogens (tertiary/aromatic N) is 1. The van der Waals surface area contributed by atoms with Crippen LogP contribution in [0.5, 0.6) is 0 Å². The van der Waals surface area contributed by atoms with E-state index in [9.17, 15) is 12.8 Å². The van der Waals surface area contributed by atoms with Crippen molar-refractivity contribution in [2.75, 3.05) is 11.4 Å². The molecule has 0 aliphatic heterocycles. The summed E-state index contributed by atoms with van der Waals surface area (Å²) in [5.41, 5.74) is 5.75. The Morgan fingerprint density at radius 1 is 1.32 bits per heavy atom. The van der Waals surface area contributed by atoms with Crippen LogP contribution in [0.3, 0.4) is 0 Å². The van der Waals surface area contributed by atoms with Crippen LogP contribution < -0.4 is 10.0 Å². The molecule has 0 saturated heterocycles. The molecule has 0 unspecified atom stereocenters. The first-order valence-corrected chi connectivity index (χ1v) is 7.74. The average molecular weight is 300 g/mol. The topological polar surface area (TPSA) is 63.4 Å². The first-order valence-electron chi connectivity index (χ1n) is 5.48. The van der Waals surface area contributed by atoms with Gasteiger partial charge >= 0.3 is 0 Å². The van der Waals surface area contributed by atoms with Crippen molar-refractivity contribution in [2.45, 2.75) is 10.8 Å². The van der Waals surface area contributed by atoms with Crippen molar-refractivity contribution in [3.63, 3.8) is 0 Å². The van der Waals surface area contributed by atoms with Gasteiger partial charge < -0.3 is 5.73 Å². The van der Waals surface area contributed by atoms with Gasteiger partial charge in [-0.25, -0.2) is 12.8 Å². The first-order chi connectivity index (χ1) is 8.95. The van der Waals surface area contributed by atoms with Crippen LogP contribution in [0.25, 0.3) is 0 Å². The first kappa shape index (κ1) is 14.0. The summed E-state index contributed by atoms with van der Waals surface area (Å²) < 4.78 is 39.1. The second-order valence-corrected chi connectivity index (χ2v) is 7.24. The minimum absolute atomic E-state index is 0.194. The van der Waals surface area contributed by atoms with Gasteiger partial charge in [0.1, 0.15) is 10.0 Å². The lowest BCUT2D eigenvalue weighted by Gasteiger charge is -2.18. The largest absolute Gasteiger partial charge is 0.326 e. The standard InChI is InChI=1S/C12H13FN2O2S2/c1-15(10-4-2-3-9(13)7-10)19(16,17)12-6-5-11(8-14)18-12/h2-7H,8,14H2,1H3. The van der Waals surface area contributed by atoms with Crippen molar-refractivity contribution in [1.82, 2.24) is 0 Å². The smallest absolute Gasteiger partial charge is 0.273 e. The summed E-state index contributed by atoms with van der Waals surface area (Å²) in [6.07, 6.45) is 0. The molecule has 0 atom stereocenters. The zero-order chi connectivity index (χ0) is 14.0. The van der Waals surface area contributed by atoms with Crippen molar-refractivity contribution in [3.8, 4) is 0 Å². The zero-order valence-electron chi connectivity index (χ0n) is 10.2. The van der Waals surface area contributed by atoms with E-state index in [2.05, 4.69) is 0 Å². The molecule has 7 heteroatoms. The number of hydrogen-bond donors (Lipinski definition) is 1. The van der Waals surface area contributed by atoms with Crippen LogP contribution in [0.4, 0.5) is 10.1 Å². The molecule has 4 nitrogen and oxygen atoms in total. The highest BCUT2D eigenvalue weighted by atomic mass is 32.2. The molecule has 0 radical (unpaired) electrons. The molecule has 0 amide bonds. The quantitative estimate of drug-likeness (QED) is 0.941. The Labute approximate surface area is 115 Å². The number of thiophene rings is 1. The van der Waals surface area contributed by atoms with E-state index in [0.717, 1.165) is 20.5 Å². The maximum absolute atomic E-state index is 13.1. The Kier molecular flexibility index (Phi) is 3.88. The van der Waals surface area contributed by atoms with Crippen molar-refractivity contribution < 1.29 is 12.8 Å². The summed E-state index contributed by atoms with van der Waals surface area (Å²) in [7, 11) is -2.27. The van der Waals surface area contributed by atoms with E-state index in [1.54, 1.807) is 6.07 Å². The summed E-state index contributed by atoms with van der Waals surface area (Å²) in [5, 5.41) is 0. The molecule has 0 fully saturated rings. The van der Waals surface area contributed by atoms with Gasteiger partial charge in [-0.1, -0.05) is 6.07 Å². The van der Waals surface area contributed by atoms with Gasteiger partial charge in [0.15, 0.2) is 0 Å². The lowest BCUT2D eigenvalue weighted by atomic mass is 10.3. The molecule has 19 heavy (non-hydrogen) atoms. The van der Waals surface area contributed by atoms with E-state index in [1.807, 2.05) is 0 Å². The number of anilines is 1. The SMILES string of the molecule is CN(c1cccc(F)c1)S(=O)(=O)c1ccc(CN)s1. The zero-order valence-corrected chi connectivity index (χ0v) is 11.8. The van der Waals surface area contributed by atoms with Crippen LogP contribution >= 0.6 is 11.3 Å². The summed E-state index contributed by atoms with van der Waals surface area (Å²) in [4.78, 5) is 0.784. The van der Waals surface area contributed by atoms with E-state index in [0.29, 0.717) is 6.54 Å². The van der Waals surface area contributed by atoms with Crippen molar-refractivity contribution >= 4 is 27.0 Å². The third kappa shape index (κ3) is 2.78. The summed E-state index contributed by atoms with van der Waals surface area (Å²) in [6.45, 7) is 0.296. The molecule has 2 rings (SSSR count). The van der Waals surface area contributed by atoms with Crippen LogP contribution in [0, 0.1) is 5.82 Å². The summed E-state index contributed by atoms with van der Waals surface area (Å²) >= 11 is 1.12. The van der Waals surface area contributed by atoms with Gasteiger partial charge in [0.2, 0.25) is 0 Å². The summed E-state index contributed by atoms with van der Waals surface area (Å²) in [6, 6.07) is 8.64. The van der Waals surface area contributed by atoms with Crippen LogP contribution in [0.1, 0.15) is 4.88 Å². The van der Waals surface area contributed by atoms with Crippen LogP contribution in [-0.2, 0) is 16.6 Å². The predicted octanol–water partition coefficient (Wildman–Crippen LogP) is 2.17. The number of benzene rings is 1. The molecular weight excluding hydrogens is 287 g/mol. The minimum Gasteiger partial charge on any atom is -0.326 e. The number of nitrogens with two attached hydrogens (primary N) is 1. The average Bonchev–Trinajstić information content (AvgIpc) is 2.87. The van der Waals surface area contributed by atoms with Gasteiger partial charge in [-0.3, -0.25) is 4.31 Å². The van der Waals surface area contributed by atoms with Gasteiger partial charge in [-0.05, 0) is 30.3 Å². The third-order valence-corrected chi connectivity index (χ3v) is 5.99. The number of sulfonamides is 1. The van der Waals surface area contributed by atoms with Gasteiger partial charge in [0.25, 0.3) is 10.0 Å². The van der Waals surface area contributed by atoms with E-state index < -0.39 is 15.8 Å². The Morgan fingerprint density at radius 2 is 2.05 bits per heavy atom. The molecule has 1 aromatic heterocycles. The Bertz CT molecular complexity index is 683. The van der Waals surface area contributed by atoms with Crippen molar-refractivity contribution in [1.29, 1.82) is 0 Å². The van der Waals surface area contributed by atoms with E-state index in [1.165, 1.54) is 37.4 Å². The highest BCUT2D eigenvalue weighted by molar-refractivity contribution is 7.94. The number of hydrogen-bond acceptors (Lipinski definition) is 4. The molecule has 0 aliphatic rings. The molecule has 2 N–H and O–H groups in total. The molecule has 1 heterocycles. The predicted molar refractivity (Wildman–Crippen MR) is 74.2 cm³/mol. The maximum Gasteiger partial charge on any atom is 0.273 e. The Morgan fingerprint density at radius 3 is 2.63 bits per heavy atom. The normalized spacial score (nSPS) is 11.5. The Hall–Kier alpha value is -1.44. The van der Waals surface area contributed by atoms with E-state index in [4.69, 9.17) is 5.73 Å². The van der Waals surface area contributed by atoms with Crippen LogP contribution in [0.15, 0.2) is 40.6 Å². The molecule has 0 saturated carbocycles. The van der Waals surface area contributed by atoms with Crippen molar-refractivity contribution in [3.05, 3.63) is 47.1 Å². The number of rotatable bonds is 4. The highest BCUT2D eigenvalue weighted by Crippen LogP contribution is 2.27. The molecule has 1 aromatic carbocycles. The molecule has 102 valence electrons. The van der Waals surface area contributed by atoms with Gasteiger partial charge in [-0.15, -0.1) is 11.3 Å². The molecule has 0 aliphatic carbocycles. The van der Waals surface area contributed by atoms with Gasteiger partial charge in [0.05, 0.1) is 5.69 Å².